The van der Waals surface area contributed by atoms with Crippen LogP contribution in [0, 0.1) is 0 Å². The maximum absolute atomic E-state index is 13.0. The van der Waals surface area contributed by atoms with E-state index in [1.807, 2.05) is 12.1 Å². The highest BCUT2D eigenvalue weighted by Gasteiger charge is 2.33. The number of carbonyl (C=O) groups is 2. The number of ether oxygens (including phenoxy) is 1. The molecule has 8 nitrogen and oxygen atoms in total. The van der Waals surface area contributed by atoms with Crippen LogP contribution in [0.4, 0.5) is 0 Å². The molecule has 1 aliphatic rings. The summed E-state index contributed by atoms with van der Waals surface area (Å²) < 4.78 is 5.18. The number of hydrogen-bond donors (Lipinski definition) is 2. The van der Waals surface area contributed by atoms with Gasteiger partial charge < -0.3 is 20.3 Å². The number of aromatic nitrogens is 2. The zero-order chi connectivity index (χ0) is 18.4. The minimum Gasteiger partial charge on any atom is -0.480 e. The van der Waals surface area contributed by atoms with E-state index in [1.165, 1.54) is 7.11 Å². The molecule has 2 aromatic heterocycles. The third-order valence-electron chi connectivity index (χ3n) is 4.22. The van der Waals surface area contributed by atoms with Crippen molar-refractivity contribution in [2.75, 3.05) is 26.7 Å². The minimum absolute atomic E-state index is 0.204. The Balaban J connectivity index is 1.72. The van der Waals surface area contributed by atoms with Crippen LogP contribution in [0.5, 0.6) is 5.88 Å². The molecule has 3 heterocycles. The van der Waals surface area contributed by atoms with Gasteiger partial charge in [-0.15, -0.1) is 0 Å². The summed E-state index contributed by atoms with van der Waals surface area (Å²) in [6.07, 6.45) is 4.91. The van der Waals surface area contributed by atoms with Crippen molar-refractivity contribution < 1.29 is 14.3 Å². The van der Waals surface area contributed by atoms with Crippen LogP contribution in [-0.2, 0) is 11.3 Å². The number of rotatable bonds is 5. The van der Waals surface area contributed by atoms with Gasteiger partial charge >= 0.3 is 0 Å². The molecule has 1 saturated heterocycles. The summed E-state index contributed by atoms with van der Waals surface area (Å²) >= 11 is 0. The number of nitrogens with zero attached hydrogens (tertiary/aromatic N) is 3. The third kappa shape index (κ3) is 3.97. The lowest BCUT2D eigenvalue weighted by molar-refractivity contribution is -0.126. The van der Waals surface area contributed by atoms with Crippen LogP contribution >= 0.6 is 0 Å². The molecule has 0 spiro atoms. The minimum atomic E-state index is -0.594. The van der Waals surface area contributed by atoms with E-state index in [0.29, 0.717) is 31.7 Å². The van der Waals surface area contributed by atoms with Gasteiger partial charge in [-0.25, -0.2) is 4.98 Å². The number of hydrogen-bond acceptors (Lipinski definition) is 6. The van der Waals surface area contributed by atoms with Crippen molar-refractivity contribution >= 4 is 11.8 Å². The quantitative estimate of drug-likeness (QED) is 0.796. The van der Waals surface area contributed by atoms with Crippen LogP contribution in [0.3, 0.4) is 0 Å². The fourth-order valence-electron chi connectivity index (χ4n) is 2.86. The van der Waals surface area contributed by atoms with Crippen LogP contribution < -0.4 is 15.4 Å². The predicted molar refractivity (Wildman–Crippen MR) is 94.6 cm³/mol. The van der Waals surface area contributed by atoms with E-state index in [0.717, 1.165) is 5.56 Å². The Bertz CT molecular complexity index is 768. The highest BCUT2D eigenvalue weighted by atomic mass is 16.5. The van der Waals surface area contributed by atoms with Crippen LogP contribution in [0.2, 0.25) is 0 Å². The number of nitrogens with one attached hydrogen (secondary N) is 2. The summed E-state index contributed by atoms with van der Waals surface area (Å²) in [5, 5.41) is 6.05. The molecular weight excluding hydrogens is 334 g/mol. The normalized spacial score (nSPS) is 16.8. The van der Waals surface area contributed by atoms with Crippen LogP contribution in [0.25, 0.3) is 0 Å². The molecule has 1 fully saturated rings. The molecule has 26 heavy (non-hydrogen) atoms. The Morgan fingerprint density at radius 1 is 1.31 bits per heavy atom. The first-order valence-corrected chi connectivity index (χ1v) is 8.38. The summed E-state index contributed by atoms with van der Waals surface area (Å²) in [5.41, 5.74) is 1.30. The largest absolute Gasteiger partial charge is 0.480 e. The monoisotopic (exact) mass is 355 g/mol. The molecule has 1 unspecified atom stereocenters. The molecule has 0 radical (unpaired) electrons. The van der Waals surface area contributed by atoms with Crippen molar-refractivity contribution in [3.05, 3.63) is 54.0 Å². The Labute approximate surface area is 151 Å². The zero-order valence-electron chi connectivity index (χ0n) is 14.5. The fourth-order valence-corrected chi connectivity index (χ4v) is 2.86. The lowest BCUT2D eigenvalue weighted by Gasteiger charge is -2.35. The smallest absolute Gasteiger partial charge is 0.260 e. The fraction of sp³-hybridized carbons (Fsp3) is 0.333. The summed E-state index contributed by atoms with van der Waals surface area (Å²) in [5.74, 6) is -0.210. The van der Waals surface area contributed by atoms with E-state index in [9.17, 15) is 9.59 Å². The van der Waals surface area contributed by atoms with Crippen molar-refractivity contribution in [2.24, 2.45) is 0 Å². The second-order valence-corrected chi connectivity index (χ2v) is 5.85. The van der Waals surface area contributed by atoms with Crippen molar-refractivity contribution in [1.29, 1.82) is 0 Å². The molecule has 1 aliphatic heterocycles. The Morgan fingerprint density at radius 2 is 2.12 bits per heavy atom. The molecule has 2 aromatic rings. The molecule has 2 N–H and O–H groups in total. The maximum Gasteiger partial charge on any atom is 0.260 e. The number of carbonyl (C=O) groups excluding carboxylic acids is 2. The van der Waals surface area contributed by atoms with Gasteiger partial charge in [0.1, 0.15) is 11.6 Å². The van der Waals surface area contributed by atoms with Gasteiger partial charge in [-0.3, -0.25) is 14.6 Å². The lowest BCUT2D eigenvalue weighted by atomic mass is 10.1. The van der Waals surface area contributed by atoms with Crippen LogP contribution in [0.15, 0.2) is 42.9 Å². The van der Waals surface area contributed by atoms with Gasteiger partial charge in [0.15, 0.2) is 0 Å². The second kappa shape index (κ2) is 8.39. The number of amides is 2. The van der Waals surface area contributed by atoms with Gasteiger partial charge in [0.25, 0.3) is 5.91 Å². The van der Waals surface area contributed by atoms with Gasteiger partial charge in [0, 0.05) is 44.8 Å². The summed E-state index contributed by atoms with van der Waals surface area (Å²) in [7, 11) is 1.47. The molecule has 136 valence electrons. The highest BCUT2D eigenvalue weighted by Crippen LogP contribution is 2.18. The molecule has 0 aromatic carbocycles. The number of methoxy groups -OCH3 is 1. The zero-order valence-corrected chi connectivity index (χ0v) is 14.5. The summed E-state index contributed by atoms with van der Waals surface area (Å²) in [4.78, 5) is 35.2. The van der Waals surface area contributed by atoms with Crippen molar-refractivity contribution in [1.82, 2.24) is 25.5 Å². The van der Waals surface area contributed by atoms with E-state index in [1.54, 1.807) is 35.6 Å². The summed E-state index contributed by atoms with van der Waals surface area (Å²) in [6.45, 7) is 1.85. The Kier molecular flexibility index (Phi) is 5.75. The predicted octanol–water partition coefficient (Wildman–Crippen LogP) is 0.216. The van der Waals surface area contributed by atoms with Gasteiger partial charge in [0.2, 0.25) is 11.8 Å². The van der Waals surface area contributed by atoms with Gasteiger partial charge in [0.05, 0.1) is 7.11 Å². The molecule has 8 heteroatoms. The van der Waals surface area contributed by atoms with E-state index < -0.39 is 6.04 Å². The molecule has 0 aliphatic carbocycles. The average molecular weight is 355 g/mol. The first kappa shape index (κ1) is 17.8. The number of piperazine rings is 1. The lowest BCUT2D eigenvalue weighted by Crippen LogP contribution is -2.59. The highest BCUT2D eigenvalue weighted by molar-refractivity contribution is 5.99. The standard InChI is InChI=1S/C18H21N5O3/c1-26-17-14(3-2-6-21-17)18(25)23-10-9-20-12-15(23)16(24)22-11-13-4-7-19-8-5-13/h2-8,15,20H,9-12H2,1H3,(H,22,24). The number of pyridine rings is 2. The SMILES string of the molecule is COc1ncccc1C(=O)N1CCNCC1C(=O)NCc1ccncc1. The first-order valence-electron chi connectivity index (χ1n) is 8.38. The Hall–Kier alpha value is -3.00. The van der Waals surface area contributed by atoms with Crippen molar-refractivity contribution in [3.63, 3.8) is 0 Å². The molecule has 2 amide bonds. The van der Waals surface area contributed by atoms with E-state index in [4.69, 9.17) is 4.74 Å². The van der Waals surface area contributed by atoms with Crippen molar-refractivity contribution in [3.8, 4) is 5.88 Å². The Morgan fingerprint density at radius 3 is 2.88 bits per heavy atom. The summed E-state index contributed by atoms with van der Waals surface area (Å²) in [6, 6.07) is 6.41. The molecule has 0 bridgehead atoms. The third-order valence-corrected chi connectivity index (χ3v) is 4.22. The van der Waals surface area contributed by atoms with Crippen LogP contribution in [-0.4, -0.2) is 59.5 Å². The maximum atomic E-state index is 13.0. The van der Waals surface area contributed by atoms with Crippen LogP contribution in [0.1, 0.15) is 15.9 Å². The average Bonchev–Trinajstić information content (AvgIpc) is 2.72. The van der Waals surface area contributed by atoms with E-state index in [2.05, 4.69) is 20.6 Å². The van der Waals surface area contributed by atoms with Gasteiger partial charge in [-0.05, 0) is 29.8 Å². The molecule has 3 rings (SSSR count). The van der Waals surface area contributed by atoms with Gasteiger partial charge in [-0.1, -0.05) is 0 Å². The van der Waals surface area contributed by atoms with E-state index >= 15 is 0 Å². The van der Waals surface area contributed by atoms with Crippen molar-refractivity contribution in [2.45, 2.75) is 12.6 Å². The second-order valence-electron chi connectivity index (χ2n) is 5.85. The van der Waals surface area contributed by atoms with Gasteiger partial charge in [-0.2, -0.15) is 0 Å². The topological polar surface area (TPSA) is 96.5 Å². The molecule has 1 atom stereocenters. The molecule has 0 saturated carbocycles. The van der Waals surface area contributed by atoms with E-state index in [-0.39, 0.29) is 17.7 Å². The first-order chi connectivity index (χ1) is 12.7. The molecular formula is C18H21N5O3.